The van der Waals surface area contributed by atoms with E-state index in [1.807, 2.05) is 0 Å². The maximum Gasteiger partial charge on any atom is 0.305 e. The molecule has 0 N–H and O–H groups in total. The van der Waals surface area contributed by atoms with Crippen molar-refractivity contribution >= 4 is 12.3 Å². The van der Waals surface area contributed by atoms with Crippen LogP contribution in [0.1, 0.15) is 19.3 Å². The highest BCUT2D eigenvalue weighted by Gasteiger charge is 2.08. The van der Waals surface area contributed by atoms with Gasteiger partial charge in [-0.1, -0.05) is 0 Å². The summed E-state index contributed by atoms with van der Waals surface area (Å²) in [6.07, 6.45) is 1.58. The van der Waals surface area contributed by atoms with E-state index < -0.39 is 6.10 Å². The maximum absolute atomic E-state index is 10.7. The molecule has 0 aromatic rings. The normalized spacial score (nSPS) is 12.1. The average Bonchev–Trinajstić information content (AvgIpc) is 2.22. The molecule has 0 radical (unpaired) electrons. The second kappa shape index (κ2) is 8.65. The fourth-order valence-corrected chi connectivity index (χ4v) is 0.896. The summed E-state index contributed by atoms with van der Waals surface area (Å²) in [6, 6.07) is 0. The molecule has 82 valence electrons. The Morgan fingerprint density at radius 2 is 2.14 bits per heavy atom. The smallest absolute Gasteiger partial charge is 0.305 e. The fourth-order valence-electron chi connectivity index (χ4n) is 0.896. The molecule has 0 spiro atoms. The molecule has 0 aromatic heterocycles. The van der Waals surface area contributed by atoms with Crippen LogP contribution >= 0.6 is 0 Å². The second-order valence-corrected chi connectivity index (χ2v) is 2.72. The van der Waals surface area contributed by atoms with Crippen LogP contribution in [-0.4, -0.2) is 39.4 Å². The van der Waals surface area contributed by atoms with E-state index in [-0.39, 0.29) is 12.8 Å². The van der Waals surface area contributed by atoms with Crippen LogP contribution < -0.4 is 0 Å². The van der Waals surface area contributed by atoms with Gasteiger partial charge in [0.2, 0.25) is 0 Å². The van der Waals surface area contributed by atoms with Gasteiger partial charge in [0.05, 0.1) is 7.11 Å². The van der Waals surface area contributed by atoms with Gasteiger partial charge in [-0.3, -0.25) is 4.79 Å². The molecule has 0 saturated carbocycles. The minimum absolute atomic E-state index is 0.0850. The van der Waals surface area contributed by atoms with Crippen LogP contribution in [-0.2, 0) is 23.8 Å². The lowest BCUT2D eigenvalue weighted by atomic mass is 10.2. The van der Waals surface area contributed by atoms with Gasteiger partial charge in [0, 0.05) is 13.5 Å². The molecule has 0 fully saturated rings. The summed E-state index contributed by atoms with van der Waals surface area (Å²) in [5.74, 6) is -0.276. The molecule has 0 aromatic carbocycles. The molecular weight excluding hydrogens is 188 g/mol. The Bertz CT molecular complexity index is 169. The topological polar surface area (TPSA) is 61.8 Å². The lowest BCUT2D eigenvalue weighted by Gasteiger charge is -2.09. The number of rotatable bonds is 8. The average molecular weight is 204 g/mol. The van der Waals surface area contributed by atoms with Crippen molar-refractivity contribution in [2.75, 3.05) is 21.0 Å². The summed E-state index contributed by atoms with van der Waals surface area (Å²) < 4.78 is 14.1. The molecule has 0 aliphatic rings. The third kappa shape index (κ3) is 6.56. The van der Waals surface area contributed by atoms with Crippen molar-refractivity contribution in [1.29, 1.82) is 0 Å². The number of methoxy groups -OCH3 is 2. The highest BCUT2D eigenvalue weighted by molar-refractivity contribution is 5.69. The Balaban J connectivity index is 3.51. The van der Waals surface area contributed by atoms with Crippen molar-refractivity contribution in [3.8, 4) is 0 Å². The maximum atomic E-state index is 10.7. The molecule has 0 bridgehead atoms. The molecule has 1 atom stereocenters. The first-order valence-corrected chi connectivity index (χ1v) is 4.37. The highest BCUT2D eigenvalue weighted by Crippen LogP contribution is 2.03. The third-order valence-corrected chi connectivity index (χ3v) is 1.65. The van der Waals surface area contributed by atoms with Gasteiger partial charge in [-0.05, 0) is 12.8 Å². The fraction of sp³-hybridized carbons (Fsp3) is 0.778. The SMILES string of the molecule is COCO[C@@H](C=O)CCCC(=O)OC. The van der Waals surface area contributed by atoms with Gasteiger partial charge >= 0.3 is 5.97 Å². The van der Waals surface area contributed by atoms with Gasteiger partial charge < -0.3 is 19.0 Å². The highest BCUT2D eigenvalue weighted by atomic mass is 16.7. The Morgan fingerprint density at radius 3 is 2.64 bits per heavy atom. The van der Waals surface area contributed by atoms with E-state index in [9.17, 15) is 9.59 Å². The zero-order chi connectivity index (χ0) is 10.8. The summed E-state index contributed by atoms with van der Waals surface area (Å²) in [5, 5.41) is 0. The van der Waals surface area contributed by atoms with Crippen molar-refractivity contribution in [2.24, 2.45) is 0 Å². The van der Waals surface area contributed by atoms with Crippen LogP contribution in [0.2, 0.25) is 0 Å². The number of carbonyl (C=O) groups is 2. The van der Waals surface area contributed by atoms with Gasteiger partial charge in [-0.2, -0.15) is 0 Å². The first-order chi connectivity index (χ1) is 6.74. The molecule has 5 nitrogen and oxygen atoms in total. The van der Waals surface area contributed by atoms with Crippen LogP contribution in [0.3, 0.4) is 0 Å². The third-order valence-electron chi connectivity index (χ3n) is 1.65. The molecule has 5 heteroatoms. The van der Waals surface area contributed by atoms with Gasteiger partial charge in [0.15, 0.2) is 0 Å². The monoisotopic (exact) mass is 204 g/mol. The van der Waals surface area contributed by atoms with E-state index in [0.29, 0.717) is 25.5 Å². The molecule has 0 unspecified atom stereocenters. The predicted octanol–water partition coefficient (Wildman–Crippen LogP) is 0.518. The zero-order valence-corrected chi connectivity index (χ0v) is 8.52. The second-order valence-electron chi connectivity index (χ2n) is 2.72. The van der Waals surface area contributed by atoms with E-state index in [1.165, 1.54) is 14.2 Å². The Labute approximate surface area is 83.3 Å². The largest absolute Gasteiger partial charge is 0.469 e. The first kappa shape index (κ1) is 13.1. The molecular formula is C9H16O5. The summed E-state index contributed by atoms with van der Waals surface area (Å²) in [6.45, 7) is 0.0850. The van der Waals surface area contributed by atoms with E-state index in [1.54, 1.807) is 0 Å². The van der Waals surface area contributed by atoms with Crippen LogP contribution in [0.5, 0.6) is 0 Å². The lowest BCUT2D eigenvalue weighted by Crippen LogP contribution is -2.16. The number of hydrogen-bond acceptors (Lipinski definition) is 5. The van der Waals surface area contributed by atoms with Crippen LogP contribution in [0.15, 0.2) is 0 Å². The number of carbonyl (C=O) groups excluding carboxylic acids is 2. The molecule has 14 heavy (non-hydrogen) atoms. The molecule has 0 aliphatic carbocycles. The van der Waals surface area contributed by atoms with Crippen molar-refractivity contribution in [2.45, 2.75) is 25.4 Å². The first-order valence-electron chi connectivity index (χ1n) is 4.37. The standard InChI is InChI=1S/C9H16O5/c1-12-7-14-8(6-10)4-3-5-9(11)13-2/h6,8H,3-5,7H2,1-2H3/t8-/m1/s1. The number of hydrogen-bond donors (Lipinski definition) is 0. The van der Waals surface area contributed by atoms with E-state index in [0.717, 1.165) is 0 Å². The van der Waals surface area contributed by atoms with Crippen molar-refractivity contribution in [3.63, 3.8) is 0 Å². The van der Waals surface area contributed by atoms with Gasteiger partial charge in [0.25, 0.3) is 0 Å². The number of aldehydes is 1. The van der Waals surface area contributed by atoms with Crippen LogP contribution in [0.25, 0.3) is 0 Å². The molecule has 0 heterocycles. The van der Waals surface area contributed by atoms with E-state index in [4.69, 9.17) is 4.74 Å². The lowest BCUT2D eigenvalue weighted by molar-refractivity contribution is -0.141. The van der Waals surface area contributed by atoms with Crippen molar-refractivity contribution in [1.82, 2.24) is 0 Å². The van der Waals surface area contributed by atoms with E-state index >= 15 is 0 Å². The number of ether oxygens (including phenoxy) is 3. The van der Waals surface area contributed by atoms with Crippen LogP contribution in [0, 0.1) is 0 Å². The Kier molecular flexibility index (Phi) is 8.07. The summed E-state index contributed by atoms with van der Waals surface area (Å²) in [7, 11) is 2.82. The predicted molar refractivity (Wildman–Crippen MR) is 48.7 cm³/mol. The van der Waals surface area contributed by atoms with Gasteiger partial charge in [0.1, 0.15) is 19.2 Å². The Morgan fingerprint density at radius 1 is 1.43 bits per heavy atom. The summed E-state index contributed by atoms with van der Waals surface area (Å²) >= 11 is 0. The molecule has 0 saturated heterocycles. The molecule has 0 rings (SSSR count). The zero-order valence-electron chi connectivity index (χ0n) is 8.52. The summed E-state index contributed by atoms with van der Waals surface area (Å²) in [4.78, 5) is 21.2. The van der Waals surface area contributed by atoms with Gasteiger partial charge in [-0.15, -0.1) is 0 Å². The van der Waals surface area contributed by atoms with Crippen molar-refractivity contribution in [3.05, 3.63) is 0 Å². The summed E-state index contributed by atoms with van der Waals surface area (Å²) in [5.41, 5.74) is 0. The molecule has 0 amide bonds. The van der Waals surface area contributed by atoms with Gasteiger partial charge in [-0.25, -0.2) is 0 Å². The minimum Gasteiger partial charge on any atom is -0.469 e. The number of esters is 1. The molecule has 0 aliphatic heterocycles. The quantitative estimate of drug-likeness (QED) is 0.327. The van der Waals surface area contributed by atoms with Crippen molar-refractivity contribution < 1.29 is 23.8 Å². The Hall–Kier alpha value is -0.940. The minimum atomic E-state index is -0.500. The van der Waals surface area contributed by atoms with Crippen LogP contribution in [0.4, 0.5) is 0 Å². The van der Waals surface area contributed by atoms with E-state index in [2.05, 4.69) is 9.47 Å².